The number of carbonyl (C=O) groups excluding carboxylic acids is 1. The summed E-state index contributed by atoms with van der Waals surface area (Å²) in [6, 6.07) is 10.2. The van der Waals surface area contributed by atoms with E-state index in [2.05, 4.69) is 17.0 Å². The Balaban J connectivity index is 1.84. The third-order valence-corrected chi connectivity index (χ3v) is 4.72. The van der Waals surface area contributed by atoms with Crippen molar-refractivity contribution in [2.45, 2.75) is 26.3 Å². The maximum Gasteiger partial charge on any atom is 0.311 e. The van der Waals surface area contributed by atoms with E-state index in [0.29, 0.717) is 13.1 Å². The number of hydrogen-bond acceptors (Lipinski definition) is 3. The van der Waals surface area contributed by atoms with Crippen LogP contribution in [0.5, 0.6) is 0 Å². The number of carbonyl (C=O) groups is 2. The van der Waals surface area contributed by atoms with Crippen LogP contribution in [0.15, 0.2) is 41.6 Å². The first kappa shape index (κ1) is 15.7. The van der Waals surface area contributed by atoms with E-state index in [4.69, 9.17) is 0 Å². The lowest BCUT2D eigenvalue weighted by Gasteiger charge is -2.40. The summed E-state index contributed by atoms with van der Waals surface area (Å²) < 4.78 is 0. The molecule has 0 aliphatic carbocycles. The van der Waals surface area contributed by atoms with Gasteiger partial charge in [0.05, 0.1) is 5.92 Å². The number of carboxylic acids is 1. The van der Waals surface area contributed by atoms with E-state index in [1.54, 1.807) is 4.90 Å². The Hall–Kier alpha value is -2.14. The highest BCUT2D eigenvalue weighted by Gasteiger charge is 2.39. The smallest absolute Gasteiger partial charge is 0.311 e. The van der Waals surface area contributed by atoms with Gasteiger partial charge in [-0.3, -0.25) is 14.5 Å². The number of aliphatic carboxylic acids is 1. The van der Waals surface area contributed by atoms with Gasteiger partial charge in [0, 0.05) is 44.7 Å². The summed E-state index contributed by atoms with van der Waals surface area (Å²) in [6.07, 6.45) is 0.826. The highest BCUT2D eigenvalue weighted by atomic mass is 16.4. The molecule has 2 aliphatic rings. The quantitative estimate of drug-likeness (QED) is 0.924. The molecule has 23 heavy (non-hydrogen) atoms. The maximum absolute atomic E-state index is 12.2. The van der Waals surface area contributed by atoms with Crippen LogP contribution in [0.4, 0.5) is 0 Å². The molecule has 0 spiro atoms. The molecule has 2 aliphatic heterocycles. The number of benzene rings is 1. The van der Waals surface area contributed by atoms with Crippen molar-refractivity contribution in [3.8, 4) is 0 Å². The van der Waals surface area contributed by atoms with Crippen molar-refractivity contribution in [3.05, 3.63) is 47.2 Å². The zero-order valence-electron chi connectivity index (χ0n) is 13.4. The first-order valence-corrected chi connectivity index (χ1v) is 8.11. The molecule has 0 fully saturated rings. The van der Waals surface area contributed by atoms with Crippen LogP contribution in [0.3, 0.4) is 0 Å². The molecule has 1 aromatic carbocycles. The number of nitrogens with zero attached hydrogens (tertiary/aromatic N) is 2. The summed E-state index contributed by atoms with van der Waals surface area (Å²) in [5.74, 6) is -1.61. The highest BCUT2D eigenvalue weighted by molar-refractivity contribution is 5.88. The fourth-order valence-electron chi connectivity index (χ4n) is 3.59. The molecule has 3 rings (SSSR count). The Bertz CT molecular complexity index is 639. The van der Waals surface area contributed by atoms with Gasteiger partial charge in [0.25, 0.3) is 0 Å². The van der Waals surface area contributed by atoms with Gasteiger partial charge in [0.15, 0.2) is 0 Å². The van der Waals surface area contributed by atoms with Crippen LogP contribution in [0, 0.1) is 5.92 Å². The summed E-state index contributed by atoms with van der Waals surface area (Å²) in [5.41, 5.74) is 3.09. The number of rotatable bonds is 4. The molecule has 1 atom stereocenters. The van der Waals surface area contributed by atoms with E-state index in [9.17, 15) is 14.7 Å². The Morgan fingerprint density at radius 1 is 1.30 bits per heavy atom. The summed E-state index contributed by atoms with van der Waals surface area (Å²) in [7, 11) is 0. The molecule has 5 nitrogen and oxygen atoms in total. The molecule has 0 aromatic heterocycles. The van der Waals surface area contributed by atoms with E-state index in [1.807, 2.05) is 25.1 Å². The van der Waals surface area contributed by atoms with Crippen molar-refractivity contribution in [2.75, 3.05) is 19.6 Å². The third kappa shape index (κ3) is 3.15. The summed E-state index contributed by atoms with van der Waals surface area (Å²) in [6.45, 7) is 4.85. The molecule has 0 radical (unpaired) electrons. The predicted octanol–water partition coefficient (Wildman–Crippen LogP) is 2.10. The first-order chi connectivity index (χ1) is 11.1. The summed E-state index contributed by atoms with van der Waals surface area (Å²) in [5, 5.41) is 9.51. The van der Waals surface area contributed by atoms with E-state index in [1.165, 1.54) is 5.56 Å². The average molecular weight is 314 g/mol. The molecule has 1 aromatic rings. The SMILES string of the molecule is CCN1C(=O)CC(C(=O)O)C2=C1CCN(Cc1ccccc1)C2. The zero-order valence-corrected chi connectivity index (χ0v) is 13.4. The second kappa shape index (κ2) is 6.54. The minimum Gasteiger partial charge on any atom is -0.481 e. The second-order valence-corrected chi connectivity index (χ2v) is 6.15. The lowest BCUT2D eigenvalue weighted by molar-refractivity contribution is -0.145. The van der Waals surface area contributed by atoms with Gasteiger partial charge in [-0.2, -0.15) is 0 Å². The summed E-state index contributed by atoms with van der Waals surface area (Å²) in [4.78, 5) is 27.8. The van der Waals surface area contributed by atoms with Gasteiger partial charge in [0.1, 0.15) is 0 Å². The van der Waals surface area contributed by atoms with Gasteiger partial charge in [-0.25, -0.2) is 0 Å². The van der Waals surface area contributed by atoms with Crippen LogP contribution >= 0.6 is 0 Å². The fourth-order valence-corrected chi connectivity index (χ4v) is 3.59. The lowest BCUT2D eigenvalue weighted by atomic mass is 9.85. The van der Waals surface area contributed by atoms with Crippen LogP contribution in [0.2, 0.25) is 0 Å². The molecule has 2 heterocycles. The van der Waals surface area contributed by atoms with Crippen molar-refractivity contribution in [1.29, 1.82) is 0 Å². The highest BCUT2D eigenvalue weighted by Crippen LogP contribution is 2.34. The Kier molecular flexibility index (Phi) is 4.48. The molecule has 1 amide bonds. The predicted molar refractivity (Wildman–Crippen MR) is 86.5 cm³/mol. The Morgan fingerprint density at radius 3 is 2.70 bits per heavy atom. The van der Waals surface area contributed by atoms with Crippen LogP contribution in [-0.2, 0) is 16.1 Å². The first-order valence-electron chi connectivity index (χ1n) is 8.11. The Morgan fingerprint density at radius 2 is 2.04 bits per heavy atom. The normalized spacial score (nSPS) is 22.2. The molecular formula is C18H22N2O3. The van der Waals surface area contributed by atoms with E-state index < -0.39 is 11.9 Å². The molecule has 5 heteroatoms. The number of amides is 1. The Labute approximate surface area is 136 Å². The largest absolute Gasteiger partial charge is 0.481 e. The van der Waals surface area contributed by atoms with Crippen LogP contribution < -0.4 is 0 Å². The monoisotopic (exact) mass is 314 g/mol. The van der Waals surface area contributed by atoms with Gasteiger partial charge >= 0.3 is 5.97 Å². The van der Waals surface area contributed by atoms with Gasteiger partial charge in [0.2, 0.25) is 5.91 Å². The van der Waals surface area contributed by atoms with Crippen molar-refractivity contribution in [3.63, 3.8) is 0 Å². The number of hydrogen-bond donors (Lipinski definition) is 1. The molecule has 122 valence electrons. The minimum absolute atomic E-state index is 0.0600. The topological polar surface area (TPSA) is 60.9 Å². The molecule has 0 bridgehead atoms. The zero-order chi connectivity index (χ0) is 16.4. The van der Waals surface area contributed by atoms with Crippen molar-refractivity contribution < 1.29 is 14.7 Å². The minimum atomic E-state index is -0.886. The maximum atomic E-state index is 12.2. The van der Waals surface area contributed by atoms with Gasteiger partial charge in [-0.15, -0.1) is 0 Å². The fraction of sp³-hybridized carbons (Fsp3) is 0.444. The van der Waals surface area contributed by atoms with Crippen molar-refractivity contribution in [2.24, 2.45) is 5.92 Å². The van der Waals surface area contributed by atoms with Crippen molar-refractivity contribution >= 4 is 11.9 Å². The molecule has 1 N–H and O–H groups in total. The van der Waals surface area contributed by atoms with E-state index in [-0.39, 0.29) is 12.3 Å². The van der Waals surface area contributed by atoms with Gasteiger partial charge < -0.3 is 10.0 Å². The lowest BCUT2D eigenvalue weighted by Crippen LogP contribution is -2.46. The number of carboxylic acid groups (broad SMARTS) is 1. The van der Waals surface area contributed by atoms with Crippen molar-refractivity contribution in [1.82, 2.24) is 9.80 Å². The van der Waals surface area contributed by atoms with Crippen LogP contribution in [0.25, 0.3) is 0 Å². The van der Waals surface area contributed by atoms with E-state index in [0.717, 1.165) is 30.8 Å². The third-order valence-electron chi connectivity index (χ3n) is 4.72. The molecular weight excluding hydrogens is 292 g/mol. The molecule has 1 unspecified atom stereocenters. The van der Waals surface area contributed by atoms with E-state index >= 15 is 0 Å². The standard InChI is InChI=1S/C18H22N2O3/c1-2-20-16-8-9-19(11-13-6-4-3-5-7-13)12-15(16)14(18(22)23)10-17(20)21/h3-7,14H,2,8-12H2,1H3,(H,22,23). The molecule has 0 saturated carbocycles. The van der Waals surface area contributed by atoms with Crippen LogP contribution in [-0.4, -0.2) is 46.4 Å². The average Bonchev–Trinajstić information content (AvgIpc) is 2.55. The van der Waals surface area contributed by atoms with Crippen LogP contribution in [0.1, 0.15) is 25.3 Å². The molecule has 0 saturated heterocycles. The van der Waals surface area contributed by atoms with Gasteiger partial charge in [-0.05, 0) is 18.1 Å². The summed E-state index contributed by atoms with van der Waals surface area (Å²) >= 11 is 0. The van der Waals surface area contributed by atoms with Gasteiger partial charge in [-0.1, -0.05) is 30.3 Å². The second-order valence-electron chi connectivity index (χ2n) is 6.15.